The molecule has 0 aliphatic rings. The summed E-state index contributed by atoms with van der Waals surface area (Å²) >= 11 is 0. The van der Waals surface area contributed by atoms with E-state index in [9.17, 15) is 19.1 Å². The maximum atomic E-state index is 13.4. The molecule has 1 heterocycles. The van der Waals surface area contributed by atoms with Crippen molar-refractivity contribution < 1.29 is 9.50 Å². The second kappa shape index (κ2) is 7.41. The lowest BCUT2D eigenvalue weighted by Crippen LogP contribution is -2.33. The summed E-state index contributed by atoms with van der Waals surface area (Å²) in [5.74, 6) is -0.973. The van der Waals surface area contributed by atoms with Crippen LogP contribution >= 0.6 is 0 Å². The highest BCUT2D eigenvalue weighted by Crippen LogP contribution is 2.21. The Labute approximate surface area is 154 Å². The molecule has 138 valence electrons. The van der Waals surface area contributed by atoms with E-state index in [-0.39, 0.29) is 11.3 Å². The summed E-state index contributed by atoms with van der Waals surface area (Å²) in [5.41, 5.74) is 0.296. The van der Waals surface area contributed by atoms with E-state index in [0.29, 0.717) is 17.8 Å². The van der Waals surface area contributed by atoms with Crippen LogP contribution in [0.15, 0.2) is 63.1 Å². The molecule has 0 unspecified atom stereocenters. The number of rotatable bonds is 4. The summed E-state index contributed by atoms with van der Waals surface area (Å²) in [6.07, 6.45) is 0.291. The van der Waals surface area contributed by atoms with Gasteiger partial charge < -0.3 is 5.11 Å². The molecule has 3 aromatic rings. The second-order valence-corrected chi connectivity index (χ2v) is 6.02. The number of aromatic hydroxyl groups is 1. The summed E-state index contributed by atoms with van der Waals surface area (Å²) in [6.45, 7) is 3.64. The quantitative estimate of drug-likeness (QED) is 0.694. The van der Waals surface area contributed by atoms with Gasteiger partial charge in [0.25, 0.3) is 5.56 Å². The molecule has 0 saturated heterocycles. The van der Waals surface area contributed by atoms with E-state index < -0.39 is 22.9 Å². The van der Waals surface area contributed by atoms with Crippen LogP contribution in [0.5, 0.6) is 5.88 Å². The Morgan fingerprint density at radius 2 is 1.89 bits per heavy atom. The van der Waals surface area contributed by atoms with E-state index in [0.717, 1.165) is 10.1 Å². The van der Waals surface area contributed by atoms with Gasteiger partial charge in [-0.3, -0.25) is 14.8 Å². The molecule has 0 saturated carbocycles. The molecule has 2 N–H and O–H groups in total. The van der Waals surface area contributed by atoms with Gasteiger partial charge in [0.2, 0.25) is 5.88 Å². The Kier molecular flexibility index (Phi) is 5.03. The molecule has 2 aromatic carbocycles. The molecule has 0 aliphatic carbocycles. The van der Waals surface area contributed by atoms with Crippen LogP contribution in [0.4, 0.5) is 10.1 Å². The van der Waals surface area contributed by atoms with E-state index in [1.165, 1.54) is 18.2 Å². The third kappa shape index (κ3) is 3.72. The number of aliphatic imine (C=N–C) groups is 1. The highest BCUT2D eigenvalue weighted by atomic mass is 19.1. The third-order valence-electron chi connectivity index (χ3n) is 4.07. The van der Waals surface area contributed by atoms with Crippen LogP contribution < -0.4 is 11.2 Å². The fourth-order valence-corrected chi connectivity index (χ4v) is 2.73. The molecule has 0 fully saturated rings. The number of hydrogen-bond donors (Lipinski definition) is 2. The SMILES string of the molecule is CCC(=Nc1cccc(F)c1)c1c(O)n(-c2ccc(C)cc2)c(=O)[nH]c1=O. The van der Waals surface area contributed by atoms with Crippen LogP contribution in [0.2, 0.25) is 0 Å². The molecule has 0 radical (unpaired) electrons. The molecule has 27 heavy (non-hydrogen) atoms. The van der Waals surface area contributed by atoms with Crippen molar-refractivity contribution >= 4 is 11.4 Å². The minimum Gasteiger partial charge on any atom is -0.493 e. The number of aromatic amines is 1. The van der Waals surface area contributed by atoms with Crippen LogP contribution in [0.25, 0.3) is 5.69 Å². The number of aryl methyl sites for hydroxylation is 1. The Bertz CT molecular complexity index is 1130. The van der Waals surface area contributed by atoms with E-state index in [4.69, 9.17) is 0 Å². The van der Waals surface area contributed by atoms with E-state index in [1.807, 2.05) is 6.92 Å². The highest BCUT2D eigenvalue weighted by molar-refractivity contribution is 6.03. The number of halogens is 1. The van der Waals surface area contributed by atoms with Gasteiger partial charge in [0.05, 0.1) is 17.1 Å². The van der Waals surface area contributed by atoms with Crippen molar-refractivity contribution in [1.29, 1.82) is 0 Å². The Morgan fingerprint density at radius 3 is 2.52 bits per heavy atom. The number of aromatic nitrogens is 2. The number of H-pyrrole nitrogens is 1. The predicted octanol–water partition coefficient (Wildman–Crippen LogP) is 3.21. The van der Waals surface area contributed by atoms with Gasteiger partial charge in [0.1, 0.15) is 11.4 Å². The summed E-state index contributed by atoms with van der Waals surface area (Å²) in [5, 5.41) is 10.7. The summed E-state index contributed by atoms with van der Waals surface area (Å²) in [7, 11) is 0. The molecular weight excluding hydrogens is 349 g/mol. The maximum absolute atomic E-state index is 13.4. The molecule has 1 aromatic heterocycles. The average Bonchev–Trinajstić information content (AvgIpc) is 2.62. The molecule has 0 amide bonds. The first-order chi connectivity index (χ1) is 12.9. The molecule has 6 nitrogen and oxygen atoms in total. The number of nitrogens with one attached hydrogen (secondary N) is 1. The lowest BCUT2D eigenvalue weighted by Gasteiger charge is -2.12. The van der Waals surface area contributed by atoms with Crippen LogP contribution in [0, 0.1) is 12.7 Å². The standard InChI is InChI=1S/C20H18FN3O3/c1-3-16(22-14-6-4-5-13(21)11-14)17-18(25)23-20(27)24(19(17)26)15-9-7-12(2)8-10-15/h4-11,26H,3H2,1-2H3,(H,23,25,27). The lowest BCUT2D eigenvalue weighted by molar-refractivity contribution is 0.429. The van der Waals surface area contributed by atoms with Crippen molar-refractivity contribution in [1.82, 2.24) is 9.55 Å². The van der Waals surface area contributed by atoms with Crippen LogP contribution in [0.1, 0.15) is 24.5 Å². The van der Waals surface area contributed by atoms with E-state index in [2.05, 4.69) is 9.98 Å². The summed E-state index contributed by atoms with van der Waals surface area (Å²) in [6, 6.07) is 12.5. The minimum absolute atomic E-state index is 0.123. The Hall–Kier alpha value is -3.48. The van der Waals surface area contributed by atoms with Crippen LogP contribution in [-0.2, 0) is 0 Å². The molecule has 0 atom stereocenters. The average molecular weight is 367 g/mol. The smallest absolute Gasteiger partial charge is 0.335 e. The minimum atomic E-state index is -0.758. The normalized spacial score (nSPS) is 11.6. The first-order valence-electron chi connectivity index (χ1n) is 8.39. The highest BCUT2D eigenvalue weighted by Gasteiger charge is 2.19. The summed E-state index contributed by atoms with van der Waals surface area (Å²) in [4.78, 5) is 31.1. The zero-order valence-electron chi connectivity index (χ0n) is 14.9. The van der Waals surface area contributed by atoms with Crippen molar-refractivity contribution in [3.8, 4) is 11.6 Å². The number of benzene rings is 2. The lowest BCUT2D eigenvalue weighted by atomic mass is 10.1. The van der Waals surface area contributed by atoms with Crippen LogP contribution in [0.3, 0.4) is 0 Å². The van der Waals surface area contributed by atoms with Gasteiger partial charge in [-0.25, -0.2) is 13.8 Å². The summed E-state index contributed by atoms with van der Waals surface area (Å²) < 4.78 is 14.4. The molecule has 0 bridgehead atoms. The molecule has 0 spiro atoms. The molecule has 3 rings (SSSR count). The second-order valence-electron chi connectivity index (χ2n) is 6.02. The van der Waals surface area contributed by atoms with Crippen molar-refractivity contribution in [3.63, 3.8) is 0 Å². The van der Waals surface area contributed by atoms with Gasteiger partial charge in [0, 0.05) is 0 Å². The first kappa shape index (κ1) is 18.3. The molecule has 0 aliphatic heterocycles. The number of nitrogens with zero attached hydrogens (tertiary/aromatic N) is 2. The Morgan fingerprint density at radius 1 is 1.19 bits per heavy atom. The van der Waals surface area contributed by atoms with Gasteiger partial charge in [-0.05, 0) is 43.7 Å². The maximum Gasteiger partial charge on any atom is 0.335 e. The van der Waals surface area contributed by atoms with Gasteiger partial charge in [-0.1, -0.05) is 30.7 Å². The van der Waals surface area contributed by atoms with Crippen molar-refractivity contribution in [2.45, 2.75) is 20.3 Å². The van der Waals surface area contributed by atoms with Crippen LogP contribution in [-0.4, -0.2) is 20.4 Å². The predicted molar refractivity (Wildman–Crippen MR) is 102 cm³/mol. The van der Waals surface area contributed by atoms with E-state index >= 15 is 0 Å². The van der Waals surface area contributed by atoms with E-state index in [1.54, 1.807) is 37.3 Å². The van der Waals surface area contributed by atoms with Gasteiger partial charge in [0.15, 0.2) is 0 Å². The van der Waals surface area contributed by atoms with Gasteiger partial charge in [-0.15, -0.1) is 0 Å². The Balaban J connectivity index is 2.23. The fourth-order valence-electron chi connectivity index (χ4n) is 2.73. The zero-order valence-corrected chi connectivity index (χ0v) is 14.9. The zero-order chi connectivity index (χ0) is 19.6. The van der Waals surface area contributed by atoms with Crippen molar-refractivity contribution in [2.24, 2.45) is 4.99 Å². The van der Waals surface area contributed by atoms with Gasteiger partial charge >= 0.3 is 5.69 Å². The monoisotopic (exact) mass is 367 g/mol. The molecule has 7 heteroatoms. The molecular formula is C20H18FN3O3. The number of hydrogen-bond acceptors (Lipinski definition) is 4. The third-order valence-corrected chi connectivity index (χ3v) is 4.07. The largest absolute Gasteiger partial charge is 0.493 e. The fraction of sp³-hybridized carbons (Fsp3) is 0.150. The van der Waals surface area contributed by atoms with Crippen molar-refractivity contribution in [2.75, 3.05) is 0 Å². The van der Waals surface area contributed by atoms with Gasteiger partial charge in [-0.2, -0.15) is 0 Å². The van der Waals surface area contributed by atoms with Crippen molar-refractivity contribution in [3.05, 3.63) is 86.3 Å². The first-order valence-corrected chi connectivity index (χ1v) is 8.39. The topological polar surface area (TPSA) is 87.4 Å².